The molecule has 0 spiro atoms. The number of nitrogens with zero attached hydrogens (tertiary/aromatic N) is 1. The molecule has 0 saturated heterocycles. The molecule has 4 N–H and O–H groups in total. The Labute approximate surface area is 143 Å². The molecule has 0 bridgehead atoms. The predicted octanol–water partition coefficient (Wildman–Crippen LogP) is 2.78. The van der Waals surface area contributed by atoms with Gasteiger partial charge in [0.1, 0.15) is 0 Å². The summed E-state index contributed by atoms with van der Waals surface area (Å²) in [5, 5.41) is 17.1. The number of rotatable bonds is 3. The molecule has 0 amide bonds. The van der Waals surface area contributed by atoms with Crippen LogP contribution in [0, 0.1) is 10.1 Å². The summed E-state index contributed by atoms with van der Waals surface area (Å²) in [6, 6.07) is 15.3. The molecule has 7 nitrogen and oxygen atoms in total. The van der Waals surface area contributed by atoms with E-state index in [9.17, 15) is 10.1 Å². The van der Waals surface area contributed by atoms with E-state index >= 15 is 0 Å². The third-order valence-corrected chi connectivity index (χ3v) is 3.07. The summed E-state index contributed by atoms with van der Waals surface area (Å²) in [7, 11) is 0. The third-order valence-electron chi connectivity index (χ3n) is 2.66. The Morgan fingerprint density at radius 3 is 1.78 bits per heavy atom. The van der Waals surface area contributed by atoms with Crippen molar-refractivity contribution >= 4 is 51.7 Å². The van der Waals surface area contributed by atoms with Gasteiger partial charge in [0, 0.05) is 23.5 Å². The van der Waals surface area contributed by atoms with Crippen LogP contribution in [0.4, 0.5) is 17.1 Å². The van der Waals surface area contributed by atoms with E-state index < -0.39 is 4.92 Å². The van der Waals surface area contributed by atoms with Crippen molar-refractivity contribution < 1.29 is 4.92 Å². The van der Waals surface area contributed by atoms with Gasteiger partial charge in [0.15, 0.2) is 10.2 Å². The minimum atomic E-state index is -0.463. The molecule has 0 aliphatic carbocycles. The van der Waals surface area contributed by atoms with Crippen LogP contribution in [0.2, 0.25) is 0 Å². The summed E-state index contributed by atoms with van der Waals surface area (Å²) in [5.74, 6) is 0. The maximum absolute atomic E-state index is 10.6. The summed E-state index contributed by atoms with van der Waals surface area (Å²) in [4.78, 5) is 10.1. The Balaban J connectivity index is 1.78. The van der Waals surface area contributed by atoms with Gasteiger partial charge in [-0.2, -0.15) is 0 Å². The first-order valence-corrected chi connectivity index (χ1v) is 7.30. The maximum atomic E-state index is 10.6. The maximum Gasteiger partial charge on any atom is 0.269 e. The Kier molecular flexibility index (Phi) is 5.78. The molecule has 23 heavy (non-hydrogen) atoms. The summed E-state index contributed by atoms with van der Waals surface area (Å²) in [5.41, 5.74) is 6.95. The zero-order valence-corrected chi connectivity index (χ0v) is 13.4. The molecule has 0 unspecified atom stereocenters. The Morgan fingerprint density at radius 2 is 1.30 bits per heavy atom. The van der Waals surface area contributed by atoms with Crippen LogP contribution >= 0.6 is 24.4 Å². The zero-order chi connectivity index (χ0) is 16.7. The average molecular weight is 347 g/mol. The predicted molar refractivity (Wildman–Crippen MR) is 98.3 cm³/mol. The fraction of sp³-hybridized carbons (Fsp3) is 0. The van der Waals surface area contributed by atoms with E-state index in [0.717, 1.165) is 5.69 Å². The molecular weight excluding hydrogens is 334 g/mol. The van der Waals surface area contributed by atoms with Crippen molar-refractivity contribution in [1.82, 2.24) is 10.9 Å². The van der Waals surface area contributed by atoms with Crippen molar-refractivity contribution in [2.75, 3.05) is 10.6 Å². The molecule has 2 aromatic rings. The third kappa shape index (κ3) is 5.49. The van der Waals surface area contributed by atoms with Crippen LogP contribution in [0.5, 0.6) is 0 Å². The standard InChI is InChI=1S/C14H13N5O2S2/c20-19(21)12-8-6-11(7-9-12)16-14(23)18-17-13(22)15-10-4-2-1-3-5-10/h1-9H,(H2,15,17,22)(H2,16,18,23). The highest BCUT2D eigenvalue weighted by molar-refractivity contribution is 7.81. The molecule has 0 aliphatic heterocycles. The molecule has 0 radical (unpaired) electrons. The molecule has 0 saturated carbocycles. The fourth-order valence-electron chi connectivity index (χ4n) is 1.63. The number of thiocarbonyl (C=S) groups is 2. The van der Waals surface area contributed by atoms with Crippen molar-refractivity contribution in [1.29, 1.82) is 0 Å². The van der Waals surface area contributed by atoms with E-state index in [0.29, 0.717) is 10.8 Å². The molecule has 0 heterocycles. The number of anilines is 2. The summed E-state index contributed by atoms with van der Waals surface area (Å²) < 4.78 is 0. The van der Waals surface area contributed by atoms with Crippen LogP contribution in [0.25, 0.3) is 0 Å². The molecule has 2 aromatic carbocycles. The van der Waals surface area contributed by atoms with Crippen LogP contribution in [0.3, 0.4) is 0 Å². The molecule has 0 aliphatic rings. The minimum Gasteiger partial charge on any atom is -0.331 e. The van der Waals surface area contributed by atoms with Crippen LogP contribution in [0.15, 0.2) is 54.6 Å². The Hall–Kier alpha value is -2.78. The van der Waals surface area contributed by atoms with Gasteiger partial charge in [-0.1, -0.05) is 18.2 Å². The van der Waals surface area contributed by atoms with Gasteiger partial charge in [-0.25, -0.2) is 0 Å². The van der Waals surface area contributed by atoms with Gasteiger partial charge >= 0.3 is 0 Å². The normalized spacial score (nSPS) is 9.57. The lowest BCUT2D eigenvalue weighted by Crippen LogP contribution is -2.45. The number of non-ortho nitro benzene ring substituents is 1. The lowest BCUT2D eigenvalue weighted by atomic mass is 10.3. The highest BCUT2D eigenvalue weighted by Crippen LogP contribution is 2.15. The number of nitrogens with one attached hydrogen (secondary N) is 4. The Morgan fingerprint density at radius 1 is 0.826 bits per heavy atom. The average Bonchev–Trinajstić information content (AvgIpc) is 2.54. The van der Waals surface area contributed by atoms with Crippen molar-refractivity contribution in [3.8, 4) is 0 Å². The first-order chi connectivity index (χ1) is 11.0. The first-order valence-electron chi connectivity index (χ1n) is 6.48. The van der Waals surface area contributed by atoms with Gasteiger partial charge in [0.2, 0.25) is 0 Å². The second kappa shape index (κ2) is 8.01. The summed E-state index contributed by atoms with van der Waals surface area (Å²) >= 11 is 10.2. The largest absolute Gasteiger partial charge is 0.331 e. The second-order valence-corrected chi connectivity index (χ2v) is 5.14. The van der Waals surface area contributed by atoms with Crippen molar-refractivity contribution in [2.24, 2.45) is 0 Å². The molecule has 2 rings (SSSR count). The number of para-hydroxylation sites is 1. The number of nitro benzene ring substituents is 1. The summed E-state index contributed by atoms with van der Waals surface area (Å²) in [6.07, 6.45) is 0. The van der Waals surface area contributed by atoms with Gasteiger partial charge in [-0.05, 0) is 48.7 Å². The van der Waals surface area contributed by atoms with Gasteiger partial charge < -0.3 is 10.6 Å². The van der Waals surface area contributed by atoms with Crippen LogP contribution < -0.4 is 21.5 Å². The van der Waals surface area contributed by atoms with Crippen LogP contribution in [-0.2, 0) is 0 Å². The van der Waals surface area contributed by atoms with E-state index in [1.165, 1.54) is 12.1 Å². The highest BCUT2D eigenvalue weighted by Gasteiger charge is 2.05. The number of hydrazine groups is 1. The fourth-order valence-corrected chi connectivity index (χ4v) is 1.96. The summed E-state index contributed by atoms with van der Waals surface area (Å²) in [6.45, 7) is 0. The van der Waals surface area contributed by atoms with Crippen LogP contribution in [-0.4, -0.2) is 15.1 Å². The zero-order valence-electron chi connectivity index (χ0n) is 11.8. The molecule has 118 valence electrons. The van der Waals surface area contributed by atoms with E-state index in [-0.39, 0.29) is 10.8 Å². The van der Waals surface area contributed by atoms with E-state index in [1.54, 1.807) is 12.1 Å². The topological polar surface area (TPSA) is 91.3 Å². The van der Waals surface area contributed by atoms with Crippen molar-refractivity contribution in [3.63, 3.8) is 0 Å². The molecule has 0 atom stereocenters. The molecule has 0 fully saturated rings. The quantitative estimate of drug-likeness (QED) is 0.383. The highest BCUT2D eigenvalue weighted by atomic mass is 32.1. The lowest BCUT2D eigenvalue weighted by Gasteiger charge is -2.14. The van der Waals surface area contributed by atoms with Gasteiger partial charge in [0.25, 0.3) is 5.69 Å². The number of hydrogen-bond acceptors (Lipinski definition) is 4. The molecule has 0 aromatic heterocycles. The van der Waals surface area contributed by atoms with Gasteiger partial charge in [0.05, 0.1) is 4.92 Å². The SMILES string of the molecule is O=[N+]([O-])c1ccc(NC(=S)NNC(=S)Nc2ccccc2)cc1. The number of nitro groups is 1. The van der Waals surface area contributed by atoms with Crippen molar-refractivity contribution in [2.45, 2.75) is 0 Å². The first kappa shape index (κ1) is 16.6. The second-order valence-electron chi connectivity index (χ2n) is 4.33. The minimum absolute atomic E-state index is 0.0146. The van der Waals surface area contributed by atoms with Crippen LogP contribution in [0.1, 0.15) is 0 Å². The molecule has 9 heteroatoms. The lowest BCUT2D eigenvalue weighted by molar-refractivity contribution is -0.384. The number of hydrogen-bond donors (Lipinski definition) is 4. The number of benzene rings is 2. The smallest absolute Gasteiger partial charge is 0.269 e. The van der Waals surface area contributed by atoms with E-state index in [4.69, 9.17) is 24.4 Å². The van der Waals surface area contributed by atoms with Gasteiger partial charge in [-0.3, -0.25) is 21.0 Å². The van der Waals surface area contributed by atoms with E-state index in [1.807, 2.05) is 30.3 Å². The molecular formula is C14H13N5O2S2. The van der Waals surface area contributed by atoms with E-state index in [2.05, 4.69) is 21.5 Å². The Bertz CT molecular complexity index is 707. The van der Waals surface area contributed by atoms with Crippen molar-refractivity contribution in [3.05, 3.63) is 64.7 Å². The monoisotopic (exact) mass is 347 g/mol. The van der Waals surface area contributed by atoms with Gasteiger partial charge in [-0.15, -0.1) is 0 Å².